The average Bonchev–Trinajstić information content (AvgIpc) is 2.68. The SMILES string of the molecule is CC(C)(C)N(Cc1ccccc1)C(=O)Cn1nc(C(=O)O)c2ccccc2c1=O. The highest BCUT2D eigenvalue weighted by molar-refractivity contribution is 6.01. The fraction of sp³-hybridized carbons (Fsp3) is 0.273. The summed E-state index contributed by atoms with van der Waals surface area (Å²) in [6.07, 6.45) is 0. The number of hydrogen-bond donors (Lipinski definition) is 1. The Morgan fingerprint density at radius 3 is 2.17 bits per heavy atom. The molecule has 0 aliphatic carbocycles. The Kier molecular flexibility index (Phi) is 5.50. The molecule has 0 unspecified atom stereocenters. The second-order valence-corrected chi connectivity index (χ2v) is 7.80. The zero-order chi connectivity index (χ0) is 21.2. The second kappa shape index (κ2) is 7.87. The van der Waals surface area contributed by atoms with Crippen LogP contribution < -0.4 is 5.56 Å². The first-order valence-electron chi connectivity index (χ1n) is 9.26. The molecular weight excluding hydrogens is 370 g/mol. The minimum absolute atomic E-state index is 0.220. The number of aromatic carboxylic acids is 1. The third kappa shape index (κ3) is 4.34. The summed E-state index contributed by atoms with van der Waals surface area (Å²) in [5.74, 6) is -1.57. The first kappa shape index (κ1) is 20.3. The van der Waals surface area contributed by atoms with Crippen molar-refractivity contribution >= 4 is 22.6 Å². The van der Waals surface area contributed by atoms with E-state index in [0.29, 0.717) is 6.54 Å². The van der Waals surface area contributed by atoms with Crippen LogP contribution in [0.1, 0.15) is 36.8 Å². The second-order valence-electron chi connectivity index (χ2n) is 7.80. The van der Waals surface area contributed by atoms with E-state index in [1.807, 2.05) is 51.1 Å². The molecule has 1 heterocycles. The van der Waals surface area contributed by atoms with Crippen LogP contribution in [0.3, 0.4) is 0 Å². The number of nitrogens with zero attached hydrogens (tertiary/aromatic N) is 3. The molecule has 150 valence electrons. The van der Waals surface area contributed by atoms with Crippen molar-refractivity contribution < 1.29 is 14.7 Å². The number of carbonyl (C=O) groups is 2. The fourth-order valence-electron chi connectivity index (χ4n) is 3.18. The third-order valence-corrected chi connectivity index (χ3v) is 4.65. The summed E-state index contributed by atoms with van der Waals surface area (Å²) in [5, 5.41) is 13.9. The van der Waals surface area contributed by atoms with Gasteiger partial charge in [0, 0.05) is 17.5 Å². The van der Waals surface area contributed by atoms with Crippen molar-refractivity contribution in [2.45, 2.75) is 39.4 Å². The molecule has 0 radical (unpaired) electrons. The van der Waals surface area contributed by atoms with Crippen molar-refractivity contribution in [1.82, 2.24) is 14.7 Å². The Bertz CT molecular complexity index is 1110. The molecule has 0 aliphatic rings. The summed E-state index contributed by atoms with van der Waals surface area (Å²) >= 11 is 0. The zero-order valence-corrected chi connectivity index (χ0v) is 16.6. The predicted octanol–water partition coefficient (Wildman–Crippen LogP) is 2.92. The van der Waals surface area contributed by atoms with E-state index in [0.717, 1.165) is 10.2 Å². The highest BCUT2D eigenvalue weighted by atomic mass is 16.4. The van der Waals surface area contributed by atoms with Gasteiger partial charge < -0.3 is 10.0 Å². The number of amides is 1. The lowest BCUT2D eigenvalue weighted by Gasteiger charge is -2.36. The Labute approximate surface area is 168 Å². The largest absolute Gasteiger partial charge is 0.476 e. The number of aromatic nitrogens is 2. The van der Waals surface area contributed by atoms with Gasteiger partial charge in [0.15, 0.2) is 5.69 Å². The summed E-state index contributed by atoms with van der Waals surface area (Å²) in [4.78, 5) is 39.2. The number of fused-ring (bicyclic) bond motifs is 1. The van der Waals surface area contributed by atoms with Crippen molar-refractivity contribution in [3.8, 4) is 0 Å². The molecule has 0 aliphatic heterocycles. The molecule has 0 spiro atoms. The lowest BCUT2D eigenvalue weighted by atomic mass is 10.0. The minimum Gasteiger partial charge on any atom is -0.476 e. The lowest BCUT2D eigenvalue weighted by Crippen LogP contribution is -2.47. The Morgan fingerprint density at radius 1 is 1.00 bits per heavy atom. The van der Waals surface area contributed by atoms with Crippen molar-refractivity contribution in [2.24, 2.45) is 0 Å². The van der Waals surface area contributed by atoms with E-state index in [2.05, 4.69) is 5.10 Å². The number of carboxylic acid groups (broad SMARTS) is 1. The van der Waals surface area contributed by atoms with Gasteiger partial charge in [-0.05, 0) is 32.4 Å². The van der Waals surface area contributed by atoms with Gasteiger partial charge >= 0.3 is 5.97 Å². The van der Waals surface area contributed by atoms with Gasteiger partial charge in [-0.3, -0.25) is 9.59 Å². The molecule has 7 nitrogen and oxygen atoms in total. The van der Waals surface area contributed by atoms with Crippen LogP contribution in [0.2, 0.25) is 0 Å². The van der Waals surface area contributed by atoms with Crippen LogP contribution in [0, 0.1) is 0 Å². The quantitative estimate of drug-likeness (QED) is 0.719. The molecular formula is C22H23N3O4. The fourth-order valence-corrected chi connectivity index (χ4v) is 3.18. The van der Waals surface area contributed by atoms with E-state index in [1.165, 1.54) is 12.1 Å². The van der Waals surface area contributed by atoms with Gasteiger partial charge in [0.2, 0.25) is 5.91 Å². The molecule has 0 saturated carbocycles. The molecule has 0 saturated heterocycles. The maximum absolute atomic E-state index is 13.1. The van der Waals surface area contributed by atoms with Gasteiger partial charge in [-0.1, -0.05) is 48.5 Å². The van der Waals surface area contributed by atoms with Crippen LogP contribution in [-0.2, 0) is 17.9 Å². The number of hydrogen-bond acceptors (Lipinski definition) is 4. The van der Waals surface area contributed by atoms with Crippen LogP contribution in [-0.4, -0.2) is 37.2 Å². The molecule has 3 aromatic rings. The molecule has 3 rings (SSSR count). The molecule has 29 heavy (non-hydrogen) atoms. The topological polar surface area (TPSA) is 92.5 Å². The molecule has 2 aromatic carbocycles. The van der Waals surface area contributed by atoms with Crippen LogP contribution in [0.5, 0.6) is 0 Å². The molecule has 0 fully saturated rings. The normalized spacial score (nSPS) is 11.4. The molecule has 0 atom stereocenters. The van der Waals surface area contributed by atoms with Crippen LogP contribution >= 0.6 is 0 Å². The van der Waals surface area contributed by atoms with Crippen molar-refractivity contribution in [2.75, 3.05) is 0 Å². The number of rotatable bonds is 5. The molecule has 0 bridgehead atoms. The number of carboxylic acids is 1. The van der Waals surface area contributed by atoms with Gasteiger partial charge in [-0.2, -0.15) is 5.10 Å². The third-order valence-electron chi connectivity index (χ3n) is 4.65. The molecule has 1 N–H and O–H groups in total. The maximum atomic E-state index is 13.1. The van der Waals surface area contributed by atoms with Crippen molar-refractivity contribution in [1.29, 1.82) is 0 Å². The number of carbonyl (C=O) groups excluding carboxylic acids is 1. The van der Waals surface area contributed by atoms with Gasteiger partial charge in [0.25, 0.3) is 5.56 Å². The van der Waals surface area contributed by atoms with E-state index in [9.17, 15) is 19.5 Å². The zero-order valence-electron chi connectivity index (χ0n) is 16.6. The van der Waals surface area contributed by atoms with E-state index in [1.54, 1.807) is 17.0 Å². The van der Waals surface area contributed by atoms with E-state index < -0.39 is 17.1 Å². The average molecular weight is 393 g/mol. The summed E-state index contributed by atoms with van der Waals surface area (Å²) in [6, 6.07) is 15.9. The first-order valence-corrected chi connectivity index (χ1v) is 9.26. The molecule has 1 aromatic heterocycles. The van der Waals surface area contributed by atoms with E-state index in [-0.39, 0.29) is 28.9 Å². The smallest absolute Gasteiger partial charge is 0.357 e. The maximum Gasteiger partial charge on any atom is 0.357 e. The highest BCUT2D eigenvalue weighted by Gasteiger charge is 2.28. The summed E-state index contributed by atoms with van der Waals surface area (Å²) in [7, 11) is 0. The predicted molar refractivity (Wildman–Crippen MR) is 110 cm³/mol. The highest BCUT2D eigenvalue weighted by Crippen LogP contribution is 2.19. The van der Waals surface area contributed by atoms with Crippen LogP contribution in [0.15, 0.2) is 59.4 Å². The van der Waals surface area contributed by atoms with Gasteiger partial charge in [-0.15, -0.1) is 0 Å². The monoisotopic (exact) mass is 393 g/mol. The van der Waals surface area contributed by atoms with Gasteiger partial charge in [0.05, 0.1) is 5.39 Å². The summed E-state index contributed by atoms with van der Waals surface area (Å²) in [5.41, 5.74) is -0.282. The van der Waals surface area contributed by atoms with Crippen molar-refractivity contribution in [3.05, 3.63) is 76.2 Å². The van der Waals surface area contributed by atoms with Crippen LogP contribution in [0.25, 0.3) is 10.8 Å². The molecule has 7 heteroatoms. The first-order chi connectivity index (χ1) is 13.7. The van der Waals surface area contributed by atoms with E-state index >= 15 is 0 Å². The Morgan fingerprint density at radius 2 is 1.59 bits per heavy atom. The summed E-state index contributed by atoms with van der Waals surface area (Å²) in [6.45, 7) is 5.76. The van der Waals surface area contributed by atoms with E-state index in [4.69, 9.17) is 0 Å². The van der Waals surface area contributed by atoms with Crippen molar-refractivity contribution in [3.63, 3.8) is 0 Å². The van der Waals surface area contributed by atoms with Gasteiger partial charge in [-0.25, -0.2) is 9.48 Å². The minimum atomic E-state index is -1.25. The standard InChI is InChI=1S/C22H23N3O4/c1-22(2,3)24(13-15-9-5-4-6-10-15)18(26)14-25-20(27)17-12-8-7-11-16(17)19(23-25)21(28)29/h4-12H,13-14H2,1-3H3,(H,28,29). The summed E-state index contributed by atoms with van der Waals surface area (Å²) < 4.78 is 0.942. The lowest BCUT2D eigenvalue weighted by molar-refractivity contribution is -0.137. The van der Waals surface area contributed by atoms with Gasteiger partial charge in [0.1, 0.15) is 6.54 Å². The number of benzene rings is 2. The molecule has 1 amide bonds. The van der Waals surface area contributed by atoms with Crippen LogP contribution in [0.4, 0.5) is 0 Å². The Hall–Kier alpha value is -3.48. The Balaban J connectivity index is 2.00.